The molecule has 2 heterocycles. The molecule has 3 nitrogen and oxygen atoms in total. The van der Waals surface area contributed by atoms with Gasteiger partial charge in [-0.2, -0.15) is 0 Å². The van der Waals surface area contributed by atoms with Crippen LogP contribution in [0.5, 0.6) is 0 Å². The highest BCUT2D eigenvalue weighted by atomic mass is 79.9. The van der Waals surface area contributed by atoms with Gasteiger partial charge in [0, 0.05) is 6.54 Å². The zero-order valence-electron chi connectivity index (χ0n) is 10.6. The van der Waals surface area contributed by atoms with E-state index in [2.05, 4.69) is 40.0 Å². The standard InChI is InChI=1S/C13H21BrN2O/c1-3-16-7-6-11(9-16)8-15-10(2)12-4-5-13(14)17-12/h4-5,10-11,15H,3,6-9H2,1-2H3. The second-order valence-corrected chi connectivity index (χ2v) is 5.60. The van der Waals surface area contributed by atoms with Crippen LogP contribution in [0.1, 0.15) is 32.1 Å². The lowest BCUT2D eigenvalue weighted by Gasteiger charge is -2.16. The Morgan fingerprint density at radius 3 is 3.00 bits per heavy atom. The van der Waals surface area contributed by atoms with Gasteiger partial charge in [-0.15, -0.1) is 0 Å². The summed E-state index contributed by atoms with van der Waals surface area (Å²) in [5.41, 5.74) is 0. The van der Waals surface area contributed by atoms with Gasteiger partial charge in [0.25, 0.3) is 0 Å². The lowest BCUT2D eigenvalue weighted by molar-refractivity contribution is 0.331. The monoisotopic (exact) mass is 300 g/mol. The van der Waals surface area contributed by atoms with Crippen molar-refractivity contribution in [1.29, 1.82) is 0 Å². The molecular formula is C13H21BrN2O. The molecular weight excluding hydrogens is 280 g/mol. The van der Waals surface area contributed by atoms with Crippen molar-refractivity contribution in [2.24, 2.45) is 5.92 Å². The topological polar surface area (TPSA) is 28.4 Å². The van der Waals surface area contributed by atoms with Crippen LogP contribution in [0.25, 0.3) is 0 Å². The normalized spacial score (nSPS) is 23.1. The lowest BCUT2D eigenvalue weighted by Crippen LogP contribution is -2.28. The van der Waals surface area contributed by atoms with E-state index in [0.717, 1.165) is 22.9 Å². The van der Waals surface area contributed by atoms with Crippen LogP contribution in [0, 0.1) is 5.92 Å². The summed E-state index contributed by atoms with van der Waals surface area (Å²) in [5, 5.41) is 3.56. The van der Waals surface area contributed by atoms with Crippen LogP contribution in [0.2, 0.25) is 0 Å². The third-order valence-corrected chi connectivity index (χ3v) is 3.98. The van der Waals surface area contributed by atoms with Crippen molar-refractivity contribution in [2.75, 3.05) is 26.2 Å². The number of halogens is 1. The Kier molecular flexibility index (Phi) is 4.65. The molecule has 2 atom stereocenters. The number of hydrogen-bond donors (Lipinski definition) is 1. The summed E-state index contributed by atoms with van der Waals surface area (Å²) < 4.78 is 6.35. The van der Waals surface area contributed by atoms with Crippen LogP contribution < -0.4 is 5.32 Å². The Bertz CT molecular complexity index is 353. The van der Waals surface area contributed by atoms with Gasteiger partial charge in [0.1, 0.15) is 5.76 Å². The van der Waals surface area contributed by atoms with Gasteiger partial charge in [0.15, 0.2) is 4.67 Å². The molecule has 2 rings (SSSR count). The number of nitrogens with zero attached hydrogens (tertiary/aromatic N) is 1. The lowest BCUT2D eigenvalue weighted by atomic mass is 10.1. The molecule has 0 aromatic carbocycles. The first-order valence-corrected chi connectivity index (χ1v) is 7.19. The highest BCUT2D eigenvalue weighted by Gasteiger charge is 2.21. The first-order valence-electron chi connectivity index (χ1n) is 6.40. The second kappa shape index (κ2) is 6.03. The molecule has 4 heteroatoms. The van der Waals surface area contributed by atoms with Crippen molar-refractivity contribution >= 4 is 15.9 Å². The van der Waals surface area contributed by atoms with E-state index in [-0.39, 0.29) is 6.04 Å². The van der Waals surface area contributed by atoms with Crippen molar-refractivity contribution in [3.05, 3.63) is 22.6 Å². The average Bonchev–Trinajstić information content (AvgIpc) is 2.94. The van der Waals surface area contributed by atoms with Crippen molar-refractivity contribution in [3.8, 4) is 0 Å². The van der Waals surface area contributed by atoms with Gasteiger partial charge in [-0.3, -0.25) is 0 Å². The Balaban J connectivity index is 1.75. The molecule has 1 fully saturated rings. The number of likely N-dealkylation sites (tertiary alicyclic amines) is 1. The Hall–Kier alpha value is -0.320. The van der Waals surface area contributed by atoms with E-state index in [9.17, 15) is 0 Å². The fraction of sp³-hybridized carbons (Fsp3) is 0.692. The summed E-state index contributed by atoms with van der Waals surface area (Å²) in [4.78, 5) is 2.51. The molecule has 1 aromatic rings. The largest absolute Gasteiger partial charge is 0.453 e. The molecule has 0 spiro atoms. The number of furan rings is 1. The van der Waals surface area contributed by atoms with Crippen LogP contribution in [-0.2, 0) is 0 Å². The van der Waals surface area contributed by atoms with Gasteiger partial charge in [-0.1, -0.05) is 6.92 Å². The molecule has 0 amide bonds. The maximum Gasteiger partial charge on any atom is 0.169 e. The molecule has 1 aliphatic rings. The fourth-order valence-corrected chi connectivity index (χ4v) is 2.69. The summed E-state index contributed by atoms with van der Waals surface area (Å²) in [6, 6.07) is 4.26. The Labute approximate surface area is 112 Å². The van der Waals surface area contributed by atoms with Gasteiger partial charge in [0.05, 0.1) is 6.04 Å². The maximum absolute atomic E-state index is 5.55. The van der Waals surface area contributed by atoms with E-state index < -0.39 is 0 Å². The first kappa shape index (κ1) is 13.1. The maximum atomic E-state index is 5.55. The van der Waals surface area contributed by atoms with E-state index in [4.69, 9.17) is 4.42 Å². The van der Waals surface area contributed by atoms with Crippen molar-refractivity contribution in [2.45, 2.75) is 26.3 Å². The zero-order chi connectivity index (χ0) is 12.3. The van der Waals surface area contributed by atoms with Gasteiger partial charge in [-0.05, 0) is 67.0 Å². The van der Waals surface area contributed by atoms with E-state index >= 15 is 0 Å². The van der Waals surface area contributed by atoms with Crippen molar-refractivity contribution in [1.82, 2.24) is 10.2 Å². The van der Waals surface area contributed by atoms with E-state index in [1.807, 2.05) is 12.1 Å². The predicted molar refractivity (Wildman–Crippen MR) is 73.0 cm³/mol. The predicted octanol–water partition coefficient (Wildman–Crippen LogP) is 3.03. The third-order valence-electron chi connectivity index (χ3n) is 3.55. The van der Waals surface area contributed by atoms with Gasteiger partial charge < -0.3 is 14.6 Å². The molecule has 1 aliphatic heterocycles. The minimum Gasteiger partial charge on any atom is -0.453 e. The van der Waals surface area contributed by atoms with Crippen LogP contribution >= 0.6 is 15.9 Å². The number of rotatable bonds is 5. The van der Waals surface area contributed by atoms with Crippen molar-refractivity contribution < 1.29 is 4.42 Å². The van der Waals surface area contributed by atoms with Gasteiger partial charge in [-0.25, -0.2) is 0 Å². The van der Waals surface area contributed by atoms with Crippen molar-refractivity contribution in [3.63, 3.8) is 0 Å². The zero-order valence-corrected chi connectivity index (χ0v) is 12.2. The second-order valence-electron chi connectivity index (χ2n) is 4.82. The molecule has 96 valence electrons. The quantitative estimate of drug-likeness (QED) is 0.906. The van der Waals surface area contributed by atoms with E-state index in [1.54, 1.807) is 0 Å². The Morgan fingerprint density at radius 2 is 2.41 bits per heavy atom. The number of hydrogen-bond acceptors (Lipinski definition) is 3. The molecule has 1 aromatic heterocycles. The highest BCUT2D eigenvalue weighted by molar-refractivity contribution is 9.10. The first-order chi connectivity index (χ1) is 8.19. The highest BCUT2D eigenvalue weighted by Crippen LogP contribution is 2.21. The van der Waals surface area contributed by atoms with Crippen LogP contribution in [0.4, 0.5) is 0 Å². The number of nitrogens with one attached hydrogen (secondary N) is 1. The molecule has 1 N–H and O–H groups in total. The van der Waals surface area contributed by atoms with Gasteiger partial charge >= 0.3 is 0 Å². The van der Waals surface area contributed by atoms with Crippen LogP contribution in [-0.4, -0.2) is 31.1 Å². The van der Waals surface area contributed by atoms with E-state index in [0.29, 0.717) is 0 Å². The summed E-state index contributed by atoms with van der Waals surface area (Å²) in [6.45, 7) is 9.13. The summed E-state index contributed by atoms with van der Waals surface area (Å²) in [6.07, 6.45) is 1.31. The van der Waals surface area contributed by atoms with Gasteiger partial charge in [0.2, 0.25) is 0 Å². The minimum absolute atomic E-state index is 0.289. The summed E-state index contributed by atoms with van der Waals surface area (Å²) in [5.74, 6) is 1.79. The third kappa shape index (κ3) is 3.57. The molecule has 0 bridgehead atoms. The average molecular weight is 301 g/mol. The molecule has 2 unspecified atom stereocenters. The summed E-state index contributed by atoms with van der Waals surface area (Å²) in [7, 11) is 0. The fourth-order valence-electron chi connectivity index (χ4n) is 2.37. The minimum atomic E-state index is 0.289. The molecule has 17 heavy (non-hydrogen) atoms. The smallest absolute Gasteiger partial charge is 0.169 e. The Morgan fingerprint density at radius 1 is 1.59 bits per heavy atom. The summed E-state index contributed by atoms with van der Waals surface area (Å²) >= 11 is 3.33. The molecule has 0 radical (unpaired) electrons. The molecule has 0 aliphatic carbocycles. The van der Waals surface area contributed by atoms with E-state index in [1.165, 1.54) is 26.1 Å². The molecule has 1 saturated heterocycles. The van der Waals surface area contributed by atoms with Crippen LogP contribution in [0.15, 0.2) is 21.2 Å². The molecule has 0 saturated carbocycles. The van der Waals surface area contributed by atoms with Crippen LogP contribution in [0.3, 0.4) is 0 Å². The SMILES string of the molecule is CCN1CCC(CNC(C)c2ccc(Br)o2)C1.